The summed E-state index contributed by atoms with van der Waals surface area (Å²) in [6.45, 7) is 1.98. The summed E-state index contributed by atoms with van der Waals surface area (Å²) in [5.41, 5.74) is 1.98. The van der Waals surface area contributed by atoms with E-state index in [0.29, 0.717) is 12.8 Å². The van der Waals surface area contributed by atoms with Crippen LogP contribution >= 0.6 is 15.9 Å². The number of Topliss-reactive ketones (excluding diaryl/α,β-unsaturated/α-hetero) is 1. The van der Waals surface area contributed by atoms with Crippen LogP contribution in [0.15, 0.2) is 18.3 Å². The van der Waals surface area contributed by atoms with Gasteiger partial charge in [-0.1, -0.05) is 22.0 Å². The number of aryl methyl sites for hydroxylation is 1. The SMILES string of the molecule is Cc1ccc(CC(=O)CCBr)nc1. The van der Waals surface area contributed by atoms with Crippen molar-refractivity contribution in [2.24, 2.45) is 0 Å². The number of halogens is 1. The predicted molar refractivity (Wildman–Crippen MR) is 56.1 cm³/mol. The van der Waals surface area contributed by atoms with Gasteiger partial charge in [0.1, 0.15) is 5.78 Å². The van der Waals surface area contributed by atoms with Crippen LogP contribution in [0, 0.1) is 6.92 Å². The van der Waals surface area contributed by atoms with Gasteiger partial charge in [-0.05, 0) is 18.6 Å². The van der Waals surface area contributed by atoms with Crippen molar-refractivity contribution >= 4 is 21.7 Å². The zero-order valence-corrected chi connectivity index (χ0v) is 9.17. The van der Waals surface area contributed by atoms with Crippen LogP contribution in [0.25, 0.3) is 0 Å². The predicted octanol–water partition coefficient (Wildman–Crippen LogP) is 2.29. The largest absolute Gasteiger partial charge is 0.299 e. The van der Waals surface area contributed by atoms with Gasteiger partial charge in [0.15, 0.2) is 0 Å². The molecule has 0 atom stereocenters. The molecule has 0 aliphatic rings. The fourth-order valence-electron chi connectivity index (χ4n) is 0.999. The van der Waals surface area contributed by atoms with E-state index in [1.54, 1.807) is 6.20 Å². The van der Waals surface area contributed by atoms with Crippen molar-refractivity contribution in [1.82, 2.24) is 4.98 Å². The summed E-state index contributed by atoms with van der Waals surface area (Å²) in [7, 11) is 0. The third-order valence-electron chi connectivity index (χ3n) is 1.72. The van der Waals surface area contributed by atoms with Crippen molar-refractivity contribution in [1.29, 1.82) is 0 Å². The topological polar surface area (TPSA) is 30.0 Å². The first kappa shape index (κ1) is 10.4. The van der Waals surface area contributed by atoms with E-state index in [9.17, 15) is 4.79 Å². The molecule has 0 aliphatic carbocycles. The third kappa shape index (κ3) is 3.68. The monoisotopic (exact) mass is 241 g/mol. The number of pyridine rings is 1. The Morgan fingerprint density at radius 3 is 2.85 bits per heavy atom. The van der Waals surface area contributed by atoms with Crippen molar-refractivity contribution < 1.29 is 4.79 Å². The number of carbonyl (C=O) groups is 1. The number of ketones is 1. The summed E-state index contributed by atoms with van der Waals surface area (Å²) in [5.74, 6) is 0.230. The molecule has 0 amide bonds. The lowest BCUT2D eigenvalue weighted by Crippen LogP contribution is -2.04. The quantitative estimate of drug-likeness (QED) is 0.758. The molecule has 3 heteroatoms. The number of nitrogens with zero attached hydrogens (tertiary/aromatic N) is 1. The third-order valence-corrected chi connectivity index (χ3v) is 2.12. The minimum atomic E-state index is 0.230. The number of hydrogen-bond donors (Lipinski definition) is 0. The van der Waals surface area contributed by atoms with Crippen molar-refractivity contribution in [3.63, 3.8) is 0 Å². The highest BCUT2D eigenvalue weighted by Crippen LogP contribution is 2.02. The van der Waals surface area contributed by atoms with Gasteiger partial charge in [-0.3, -0.25) is 9.78 Å². The molecule has 0 bridgehead atoms. The van der Waals surface area contributed by atoms with Gasteiger partial charge in [-0.15, -0.1) is 0 Å². The zero-order chi connectivity index (χ0) is 9.68. The molecule has 0 aliphatic heterocycles. The summed E-state index contributed by atoms with van der Waals surface area (Å²) < 4.78 is 0. The first-order valence-electron chi connectivity index (χ1n) is 4.21. The normalized spacial score (nSPS) is 10.0. The van der Waals surface area contributed by atoms with Gasteiger partial charge in [-0.25, -0.2) is 0 Å². The van der Waals surface area contributed by atoms with Crippen LogP contribution < -0.4 is 0 Å². The first-order valence-corrected chi connectivity index (χ1v) is 5.33. The molecule has 0 aromatic carbocycles. The summed E-state index contributed by atoms with van der Waals surface area (Å²) in [5, 5.41) is 0.734. The van der Waals surface area contributed by atoms with Gasteiger partial charge in [0.05, 0.1) is 0 Å². The fraction of sp³-hybridized carbons (Fsp3) is 0.400. The summed E-state index contributed by atoms with van der Waals surface area (Å²) in [6, 6.07) is 3.88. The summed E-state index contributed by atoms with van der Waals surface area (Å²) in [4.78, 5) is 15.4. The maximum absolute atomic E-state index is 11.2. The van der Waals surface area contributed by atoms with Crippen LogP contribution in [0.5, 0.6) is 0 Å². The molecule has 0 spiro atoms. The second-order valence-electron chi connectivity index (χ2n) is 2.98. The highest BCUT2D eigenvalue weighted by Gasteiger charge is 2.02. The lowest BCUT2D eigenvalue weighted by molar-refractivity contribution is -0.118. The molecular weight excluding hydrogens is 230 g/mol. The Morgan fingerprint density at radius 1 is 1.54 bits per heavy atom. The molecule has 13 heavy (non-hydrogen) atoms. The van der Waals surface area contributed by atoms with Crippen LogP contribution in [0.1, 0.15) is 17.7 Å². The molecule has 0 fully saturated rings. The number of carbonyl (C=O) groups excluding carboxylic acids is 1. The standard InChI is InChI=1S/C10H12BrNO/c1-8-2-3-9(12-7-8)6-10(13)4-5-11/h2-3,7H,4-6H2,1H3. The van der Waals surface area contributed by atoms with E-state index in [1.165, 1.54) is 0 Å². The van der Waals surface area contributed by atoms with Crippen molar-refractivity contribution in [3.05, 3.63) is 29.6 Å². The molecule has 0 unspecified atom stereocenters. The molecule has 1 aromatic heterocycles. The van der Waals surface area contributed by atoms with E-state index >= 15 is 0 Å². The van der Waals surface area contributed by atoms with E-state index in [0.717, 1.165) is 16.6 Å². The maximum atomic E-state index is 11.2. The zero-order valence-electron chi connectivity index (χ0n) is 7.59. The van der Waals surface area contributed by atoms with Gasteiger partial charge >= 0.3 is 0 Å². The van der Waals surface area contributed by atoms with Crippen LogP contribution in [-0.2, 0) is 11.2 Å². The number of alkyl halides is 1. The van der Waals surface area contributed by atoms with E-state index in [1.807, 2.05) is 19.1 Å². The Labute approximate surface area is 86.5 Å². The Hall–Kier alpha value is -0.700. The average molecular weight is 242 g/mol. The lowest BCUT2D eigenvalue weighted by atomic mass is 10.1. The van der Waals surface area contributed by atoms with Gasteiger partial charge < -0.3 is 0 Å². The average Bonchev–Trinajstić information content (AvgIpc) is 2.09. The lowest BCUT2D eigenvalue weighted by Gasteiger charge is -1.98. The molecule has 1 aromatic rings. The smallest absolute Gasteiger partial charge is 0.139 e. The van der Waals surface area contributed by atoms with E-state index in [4.69, 9.17) is 0 Å². The van der Waals surface area contributed by atoms with Crippen molar-refractivity contribution in [3.8, 4) is 0 Å². The Morgan fingerprint density at radius 2 is 2.31 bits per heavy atom. The van der Waals surface area contributed by atoms with Crippen LogP contribution in [0.3, 0.4) is 0 Å². The van der Waals surface area contributed by atoms with E-state index in [-0.39, 0.29) is 5.78 Å². The number of aromatic nitrogens is 1. The summed E-state index contributed by atoms with van der Waals surface area (Å²) >= 11 is 3.23. The Kier molecular flexibility index (Phi) is 4.09. The number of hydrogen-bond acceptors (Lipinski definition) is 2. The Bertz CT molecular complexity index is 281. The van der Waals surface area contributed by atoms with Crippen LogP contribution in [0.2, 0.25) is 0 Å². The molecule has 0 saturated heterocycles. The molecule has 2 nitrogen and oxygen atoms in total. The van der Waals surface area contributed by atoms with Gasteiger partial charge in [0, 0.05) is 30.1 Å². The highest BCUT2D eigenvalue weighted by molar-refractivity contribution is 9.09. The minimum Gasteiger partial charge on any atom is -0.299 e. The molecular formula is C10H12BrNO. The van der Waals surface area contributed by atoms with E-state index in [2.05, 4.69) is 20.9 Å². The number of rotatable bonds is 4. The first-order chi connectivity index (χ1) is 6.22. The van der Waals surface area contributed by atoms with Gasteiger partial charge in [0.2, 0.25) is 0 Å². The molecule has 1 rings (SSSR count). The van der Waals surface area contributed by atoms with Crippen LogP contribution in [0.4, 0.5) is 0 Å². The molecule has 0 saturated carbocycles. The second kappa shape index (κ2) is 5.12. The molecule has 70 valence electrons. The van der Waals surface area contributed by atoms with Gasteiger partial charge in [0.25, 0.3) is 0 Å². The van der Waals surface area contributed by atoms with Crippen molar-refractivity contribution in [2.45, 2.75) is 19.8 Å². The molecule has 0 N–H and O–H groups in total. The summed E-state index contributed by atoms with van der Waals surface area (Å²) in [6.07, 6.45) is 2.82. The highest BCUT2D eigenvalue weighted by atomic mass is 79.9. The van der Waals surface area contributed by atoms with Crippen molar-refractivity contribution in [2.75, 3.05) is 5.33 Å². The maximum Gasteiger partial charge on any atom is 0.139 e. The fourth-order valence-corrected chi connectivity index (χ4v) is 1.44. The molecule has 0 radical (unpaired) electrons. The van der Waals surface area contributed by atoms with Crippen LogP contribution in [-0.4, -0.2) is 16.1 Å². The van der Waals surface area contributed by atoms with Gasteiger partial charge in [-0.2, -0.15) is 0 Å². The molecule has 1 heterocycles. The second-order valence-corrected chi connectivity index (χ2v) is 3.77. The Balaban J connectivity index is 2.54. The minimum absolute atomic E-state index is 0.230. The van der Waals surface area contributed by atoms with E-state index < -0.39 is 0 Å².